The monoisotopic (exact) mass is 635 g/mol. The van der Waals surface area contributed by atoms with Crippen LogP contribution in [0.3, 0.4) is 0 Å². The molecule has 0 radical (unpaired) electrons. The van der Waals surface area contributed by atoms with Crippen molar-refractivity contribution in [2.75, 3.05) is 77.4 Å². The Balaban J connectivity index is 0.978. The predicted octanol–water partition coefficient (Wildman–Crippen LogP) is 2.03. The second kappa shape index (κ2) is 14.5. The molecule has 5 heterocycles. The number of imide groups is 1. The number of carbonyl (C=O) groups excluding carboxylic acids is 5. The van der Waals surface area contributed by atoms with Crippen molar-refractivity contribution in [2.24, 2.45) is 0 Å². The number of piperazine rings is 1. The van der Waals surface area contributed by atoms with E-state index in [0.29, 0.717) is 29.5 Å². The number of piperidine rings is 3. The quantitative estimate of drug-likeness (QED) is 0.341. The van der Waals surface area contributed by atoms with Gasteiger partial charge < -0.3 is 29.7 Å². The maximum atomic E-state index is 13.4. The summed E-state index contributed by atoms with van der Waals surface area (Å²) in [6.45, 7) is 9.17. The highest BCUT2D eigenvalue weighted by Crippen LogP contribution is 2.32. The third-order valence-corrected chi connectivity index (χ3v) is 10.9. The number of nitrogens with one attached hydrogen (secondary N) is 1. The molecule has 0 bridgehead atoms. The molecule has 4 saturated heterocycles. The van der Waals surface area contributed by atoms with Crippen molar-refractivity contribution in [1.82, 2.24) is 29.8 Å². The molecule has 5 aliphatic rings. The molecule has 1 unspecified atom stereocenters. The lowest BCUT2D eigenvalue weighted by Gasteiger charge is -2.45. The lowest BCUT2D eigenvalue weighted by Crippen LogP contribution is -2.58. The van der Waals surface area contributed by atoms with Crippen LogP contribution < -0.4 is 10.2 Å². The van der Waals surface area contributed by atoms with Crippen molar-refractivity contribution in [3.05, 3.63) is 29.3 Å². The first-order valence-corrected chi connectivity index (χ1v) is 17.3. The Kier molecular flexibility index (Phi) is 10.2. The molecule has 1 N–H and O–H groups in total. The normalized spacial score (nSPS) is 23.1. The van der Waals surface area contributed by atoms with Crippen molar-refractivity contribution in [1.29, 1.82) is 0 Å². The van der Waals surface area contributed by atoms with Gasteiger partial charge in [0.15, 0.2) is 0 Å². The first kappa shape index (κ1) is 32.4. The molecule has 0 aromatic heterocycles. The molecule has 0 aliphatic carbocycles. The van der Waals surface area contributed by atoms with E-state index in [1.54, 1.807) is 12.1 Å². The minimum atomic E-state index is -1.02. The van der Waals surface area contributed by atoms with Gasteiger partial charge in [-0.1, -0.05) is 6.42 Å². The molecule has 6 rings (SSSR count). The molecule has 1 atom stereocenters. The van der Waals surface area contributed by atoms with Gasteiger partial charge in [0, 0.05) is 83.6 Å². The lowest BCUT2D eigenvalue weighted by molar-refractivity contribution is -0.124. The van der Waals surface area contributed by atoms with Crippen LogP contribution in [-0.2, 0) is 9.59 Å². The Morgan fingerprint density at radius 1 is 0.783 bits per heavy atom. The van der Waals surface area contributed by atoms with E-state index < -0.39 is 23.8 Å². The van der Waals surface area contributed by atoms with E-state index in [-0.39, 0.29) is 18.9 Å². The first-order valence-electron chi connectivity index (χ1n) is 17.3. The fourth-order valence-corrected chi connectivity index (χ4v) is 8.17. The van der Waals surface area contributed by atoms with E-state index in [1.807, 2.05) is 11.0 Å². The molecular formula is C34H49N7O5. The molecule has 46 heavy (non-hydrogen) atoms. The average Bonchev–Trinajstić information content (AvgIpc) is 3.36. The molecule has 4 fully saturated rings. The maximum absolute atomic E-state index is 13.4. The average molecular weight is 636 g/mol. The van der Waals surface area contributed by atoms with E-state index in [4.69, 9.17) is 0 Å². The number of amides is 5. The summed E-state index contributed by atoms with van der Waals surface area (Å²) in [4.78, 5) is 75.9. The van der Waals surface area contributed by atoms with Gasteiger partial charge in [0.25, 0.3) is 11.8 Å². The van der Waals surface area contributed by atoms with Gasteiger partial charge in [-0.05, 0) is 76.2 Å². The molecular weight excluding hydrogens is 586 g/mol. The van der Waals surface area contributed by atoms with Crippen molar-refractivity contribution in [3.8, 4) is 0 Å². The van der Waals surface area contributed by atoms with E-state index in [1.165, 1.54) is 39.4 Å². The van der Waals surface area contributed by atoms with E-state index >= 15 is 0 Å². The van der Waals surface area contributed by atoms with Crippen LogP contribution in [0.25, 0.3) is 0 Å². The topological polar surface area (TPSA) is 117 Å². The van der Waals surface area contributed by atoms with Crippen LogP contribution in [0, 0.1) is 0 Å². The Labute approximate surface area is 272 Å². The number of hydrogen-bond donors (Lipinski definition) is 1. The number of benzene rings is 1. The van der Waals surface area contributed by atoms with Crippen LogP contribution in [0.2, 0.25) is 0 Å². The number of nitrogens with zero attached hydrogens (tertiary/aromatic N) is 6. The van der Waals surface area contributed by atoms with Crippen molar-refractivity contribution >= 4 is 35.7 Å². The summed E-state index contributed by atoms with van der Waals surface area (Å²) >= 11 is 0. The summed E-state index contributed by atoms with van der Waals surface area (Å²) in [5.74, 6) is -1.45. The van der Waals surface area contributed by atoms with Gasteiger partial charge in [0.05, 0.1) is 11.1 Å². The minimum absolute atomic E-state index is 0.0782. The standard InChI is InChI=1S/C34H49N7O5/c1-35-31(43)30(6-5-23-42)41-32(44)28-8-7-27(24-29(28)33(41)45)37-15-9-26(10-16-37)38-19-21-40(22-20-38)34(46)39-17-11-25(12-18-39)36-13-3-2-4-14-36/h7-8,23-26,30H,2-6,9-22H2,1H3,(H,35,43). The number of anilines is 1. The number of fused-ring (bicyclic) bond motifs is 1. The fraction of sp³-hybridized carbons (Fsp3) is 0.676. The highest BCUT2D eigenvalue weighted by atomic mass is 16.2. The molecule has 5 aliphatic heterocycles. The summed E-state index contributed by atoms with van der Waals surface area (Å²) in [5, 5.41) is 2.51. The molecule has 0 saturated carbocycles. The zero-order chi connectivity index (χ0) is 32.2. The summed E-state index contributed by atoms with van der Waals surface area (Å²) in [6.07, 6.45) is 8.99. The van der Waals surface area contributed by atoms with E-state index in [2.05, 4.69) is 24.9 Å². The molecule has 1 aromatic carbocycles. The largest absolute Gasteiger partial charge is 0.371 e. The zero-order valence-electron chi connectivity index (χ0n) is 27.2. The number of likely N-dealkylation sites (N-methyl/N-ethyl adjacent to an activating group) is 1. The molecule has 0 spiro atoms. The molecule has 12 nitrogen and oxygen atoms in total. The van der Waals surface area contributed by atoms with Gasteiger partial charge in [0.1, 0.15) is 12.3 Å². The van der Waals surface area contributed by atoms with Gasteiger partial charge in [-0.3, -0.25) is 24.2 Å². The van der Waals surface area contributed by atoms with E-state index in [9.17, 15) is 24.0 Å². The number of urea groups is 1. The highest BCUT2D eigenvalue weighted by molar-refractivity contribution is 6.23. The van der Waals surface area contributed by atoms with Gasteiger partial charge >= 0.3 is 6.03 Å². The molecule has 12 heteroatoms. The number of hydrogen-bond acceptors (Lipinski definition) is 8. The summed E-state index contributed by atoms with van der Waals surface area (Å²) < 4.78 is 0. The smallest absolute Gasteiger partial charge is 0.320 e. The number of aldehydes is 1. The highest BCUT2D eigenvalue weighted by Gasteiger charge is 2.43. The molecule has 1 aromatic rings. The number of rotatable bonds is 8. The second-order valence-corrected chi connectivity index (χ2v) is 13.4. The lowest BCUT2D eigenvalue weighted by atomic mass is 10.00. The number of likely N-dealkylation sites (tertiary alicyclic amines) is 2. The Morgan fingerprint density at radius 2 is 1.37 bits per heavy atom. The van der Waals surface area contributed by atoms with Gasteiger partial charge in [-0.25, -0.2) is 4.79 Å². The maximum Gasteiger partial charge on any atom is 0.320 e. The Hall–Kier alpha value is -3.51. The Bertz CT molecular complexity index is 1290. The van der Waals surface area contributed by atoms with E-state index in [0.717, 1.165) is 88.6 Å². The van der Waals surface area contributed by atoms with Gasteiger partial charge in [-0.2, -0.15) is 0 Å². The van der Waals surface area contributed by atoms with Crippen molar-refractivity contribution in [3.63, 3.8) is 0 Å². The fourth-order valence-electron chi connectivity index (χ4n) is 8.17. The third kappa shape index (κ3) is 6.64. The van der Waals surface area contributed by atoms with Crippen molar-refractivity contribution in [2.45, 2.75) is 75.9 Å². The molecule has 5 amide bonds. The van der Waals surface area contributed by atoms with Gasteiger partial charge in [0.2, 0.25) is 5.91 Å². The number of carbonyl (C=O) groups is 5. The minimum Gasteiger partial charge on any atom is -0.371 e. The van der Waals surface area contributed by atoms with Crippen molar-refractivity contribution < 1.29 is 24.0 Å². The SMILES string of the molecule is CNC(=O)C(CCC=O)N1C(=O)c2ccc(N3CCC(N4CCN(C(=O)N5CCC(N6CCCCC6)CC5)CC4)CC3)cc2C1=O. The predicted molar refractivity (Wildman–Crippen MR) is 174 cm³/mol. The Morgan fingerprint density at radius 3 is 2.00 bits per heavy atom. The van der Waals surface area contributed by atoms with Gasteiger partial charge in [-0.15, -0.1) is 0 Å². The third-order valence-electron chi connectivity index (χ3n) is 10.9. The zero-order valence-corrected chi connectivity index (χ0v) is 27.2. The summed E-state index contributed by atoms with van der Waals surface area (Å²) in [5.41, 5.74) is 1.49. The van der Waals surface area contributed by atoms with Crippen LogP contribution in [0.5, 0.6) is 0 Å². The van der Waals surface area contributed by atoms with Crippen LogP contribution >= 0.6 is 0 Å². The molecule has 250 valence electrons. The summed E-state index contributed by atoms with van der Waals surface area (Å²) in [7, 11) is 1.45. The second-order valence-electron chi connectivity index (χ2n) is 13.4. The van der Waals surface area contributed by atoms with Crippen LogP contribution in [-0.4, -0.2) is 145 Å². The van der Waals surface area contributed by atoms with Crippen LogP contribution in [0.4, 0.5) is 10.5 Å². The summed E-state index contributed by atoms with van der Waals surface area (Å²) in [6, 6.07) is 5.62. The van der Waals surface area contributed by atoms with Crippen LogP contribution in [0.15, 0.2) is 18.2 Å². The first-order chi connectivity index (χ1) is 22.4. The van der Waals surface area contributed by atoms with Crippen LogP contribution in [0.1, 0.15) is 78.5 Å².